The quantitative estimate of drug-likeness (QED) is 0.730. The van der Waals surface area contributed by atoms with Crippen LogP contribution in [0.4, 0.5) is 11.8 Å². The van der Waals surface area contributed by atoms with Gasteiger partial charge in [0.2, 0.25) is 5.95 Å². The summed E-state index contributed by atoms with van der Waals surface area (Å²) >= 11 is 0. The second-order valence-corrected chi connectivity index (χ2v) is 5.68. The zero-order valence-electron chi connectivity index (χ0n) is 13.7. The minimum absolute atomic E-state index is 0.298. The predicted octanol–water partition coefficient (Wildman–Crippen LogP) is 3.45. The average molecular weight is 310 g/mol. The molecule has 2 N–H and O–H groups in total. The highest BCUT2D eigenvalue weighted by Crippen LogP contribution is 2.23. The molecule has 6 heteroatoms. The van der Waals surface area contributed by atoms with Crippen LogP contribution in [0.15, 0.2) is 36.7 Å². The Morgan fingerprint density at radius 3 is 2.57 bits per heavy atom. The first-order valence-electron chi connectivity index (χ1n) is 7.95. The maximum Gasteiger partial charge on any atom is 0.226 e. The molecule has 0 radical (unpaired) electrons. The Morgan fingerprint density at radius 1 is 1.09 bits per heavy atom. The summed E-state index contributed by atoms with van der Waals surface area (Å²) in [5, 5.41) is 6.58. The molecule has 2 heterocycles. The molecule has 0 spiro atoms. The maximum atomic E-state index is 4.60. The van der Waals surface area contributed by atoms with Crippen LogP contribution in [0, 0.1) is 0 Å². The molecule has 0 bridgehead atoms. The van der Waals surface area contributed by atoms with E-state index in [1.54, 1.807) is 0 Å². The van der Waals surface area contributed by atoms with Crippen molar-refractivity contribution in [2.45, 2.75) is 33.4 Å². The van der Waals surface area contributed by atoms with Gasteiger partial charge in [-0.25, -0.2) is 4.98 Å². The maximum absolute atomic E-state index is 4.60. The van der Waals surface area contributed by atoms with Crippen LogP contribution in [0.2, 0.25) is 0 Å². The van der Waals surface area contributed by atoms with Gasteiger partial charge in [-0.3, -0.25) is 0 Å². The standard InChI is InChI=1S/C17H22N6/c1-4-18-17-21-15(19-10-13-8-6-5-7-9-13)14-16(22-17)23(11-20-14)12(2)3/h5-9,11-12H,4,10H2,1-3H3,(H2,18,19,21,22). The second-order valence-electron chi connectivity index (χ2n) is 5.68. The lowest BCUT2D eigenvalue weighted by molar-refractivity contribution is 0.613. The Balaban J connectivity index is 1.97. The van der Waals surface area contributed by atoms with Crippen LogP contribution in [-0.4, -0.2) is 26.1 Å². The van der Waals surface area contributed by atoms with Gasteiger partial charge in [0.1, 0.15) is 0 Å². The molecule has 23 heavy (non-hydrogen) atoms. The molecule has 1 aromatic carbocycles. The first-order chi connectivity index (χ1) is 11.2. The summed E-state index contributed by atoms with van der Waals surface area (Å²) in [4.78, 5) is 13.7. The van der Waals surface area contributed by atoms with Crippen molar-refractivity contribution in [3.8, 4) is 0 Å². The smallest absolute Gasteiger partial charge is 0.226 e. The van der Waals surface area contributed by atoms with E-state index in [1.165, 1.54) is 5.56 Å². The van der Waals surface area contributed by atoms with E-state index in [1.807, 2.05) is 31.5 Å². The summed E-state index contributed by atoms with van der Waals surface area (Å²) < 4.78 is 2.06. The van der Waals surface area contributed by atoms with Gasteiger partial charge in [0.05, 0.1) is 6.33 Å². The summed E-state index contributed by atoms with van der Waals surface area (Å²) in [6.45, 7) is 7.75. The fourth-order valence-electron chi connectivity index (χ4n) is 2.44. The fourth-order valence-corrected chi connectivity index (χ4v) is 2.44. The lowest BCUT2D eigenvalue weighted by Gasteiger charge is -2.11. The van der Waals surface area contributed by atoms with E-state index < -0.39 is 0 Å². The molecule has 0 saturated heterocycles. The number of nitrogens with zero attached hydrogens (tertiary/aromatic N) is 4. The first kappa shape index (κ1) is 15.3. The number of hydrogen-bond donors (Lipinski definition) is 2. The van der Waals surface area contributed by atoms with E-state index in [0.717, 1.165) is 23.5 Å². The molecule has 3 rings (SSSR count). The normalized spacial score (nSPS) is 11.1. The minimum atomic E-state index is 0.298. The first-order valence-corrected chi connectivity index (χ1v) is 7.95. The van der Waals surface area contributed by atoms with Crippen molar-refractivity contribution in [1.82, 2.24) is 19.5 Å². The second kappa shape index (κ2) is 6.64. The van der Waals surface area contributed by atoms with Gasteiger partial charge in [-0.2, -0.15) is 9.97 Å². The van der Waals surface area contributed by atoms with Crippen LogP contribution in [0.3, 0.4) is 0 Å². The lowest BCUT2D eigenvalue weighted by atomic mass is 10.2. The van der Waals surface area contributed by atoms with E-state index in [9.17, 15) is 0 Å². The number of hydrogen-bond acceptors (Lipinski definition) is 5. The summed E-state index contributed by atoms with van der Waals surface area (Å²) in [5.74, 6) is 1.38. The zero-order chi connectivity index (χ0) is 16.2. The highest BCUT2D eigenvalue weighted by molar-refractivity contribution is 5.84. The molecule has 2 aromatic heterocycles. The van der Waals surface area contributed by atoms with Crippen molar-refractivity contribution in [3.63, 3.8) is 0 Å². The number of rotatable bonds is 6. The van der Waals surface area contributed by atoms with Crippen LogP contribution in [0.1, 0.15) is 32.4 Å². The van der Waals surface area contributed by atoms with Gasteiger partial charge >= 0.3 is 0 Å². The minimum Gasteiger partial charge on any atom is -0.364 e. The molecule has 0 aliphatic rings. The zero-order valence-corrected chi connectivity index (χ0v) is 13.7. The van der Waals surface area contributed by atoms with E-state index in [2.05, 4.69) is 56.1 Å². The molecular weight excluding hydrogens is 288 g/mol. The van der Waals surface area contributed by atoms with Crippen molar-refractivity contribution in [2.24, 2.45) is 0 Å². The van der Waals surface area contributed by atoms with Crippen molar-refractivity contribution >= 4 is 22.9 Å². The summed E-state index contributed by atoms with van der Waals surface area (Å²) in [7, 11) is 0. The number of benzene rings is 1. The monoisotopic (exact) mass is 310 g/mol. The van der Waals surface area contributed by atoms with E-state index in [0.29, 0.717) is 18.5 Å². The molecule has 6 nitrogen and oxygen atoms in total. The third kappa shape index (κ3) is 3.26. The van der Waals surface area contributed by atoms with Crippen LogP contribution in [-0.2, 0) is 6.54 Å². The van der Waals surface area contributed by atoms with Crippen LogP contribution >= 0.6 is 0 Å². The van der Waals surface area contributed by atoms with E-state index in [4.69, 9.17) is 0 Å². The third-order valence-electron chi connectivity index (χ3n) is 3.62. The molecular formula is C17H22N6. The molecule has 0 unspecified atom stereocenters. The van der Waals surface area contributed by atoms with Crippen molar-refractivity contribution in [3.05, 3.63) is 42.2 Å². The molecule has 0 aliphatic heterocycles. The van der Waals surface area contributed by atoms with Gasteiger partial charge in [-0.05, 0) is 26.3 Å². The van der Waals surface area contributed by atoms with Gasteiger partial charge in [0.25, 0.3) is 0 Å². The Morgan fingerprint density at radius 2 is 1.87 bits per heavy atom. The van der Waals surface area contributed by atoms with E-state index in [-0.39, 0.29) is 0 Å². The lowest BCUT2D eigenvalue weighted by Crippen LogP contribution is -2.09. The van der Waals surface area contributed by atoms with Crippen molar-refractivity contribution in [1.29, 1.82) is 0 Å². The van der Waals surface area contributed by atoms with E-state index >= 15 is 0 Å². The fraction of sp³-hybridized carbons (Fsp3) is 0.353. The third-order valence-corrected chi connectivity index (χ3v) is 3.62. The summed E-state index contributed by atoms with van der Waals surface area (Å²) in [6.07, 6.45) is 1.83. The van der Waals surface area contributed by atoms with Crippen LogP contribution in [0.5, 0.6) is 0 Å². The van der Waals surface area contributed by atoms with Crippen molar-refractivity contribution in [2.75, 3.05) is 17.2 Å². The molecule has 0 amide bonds. The summed E-state index contributed by atoms with van der Waals surface area (Å²) in [5.41, 5.74) is 2.85. The average Bonchev–Trinajstić information content (AvgIpc) is 2.98. The van der Waals surface area contributed by atoms with Crippen molar-refractivity contribution < 1.29 is 0 Å². The van der Waals surface area contributed by atoms with Gasteiger partial charge in [0.15, 0.2) is 17.0 Å². The van der Waals surface area contributed by atoms with Gasteiger partial charge in [-0.15, -0.1) is 0 Å². The molecule has 120 valence electrons. The molecule has 0 fully saturated rings. The number of imidazole rings is 1. The number of nitrogens with one attached hydrogen (secondary N) is 2. The highest BCUT2D eigenvalue weighted by atomic mass is 15.2. The highest BCUT2D eigenvalue weighted by Gasteiger charge is 2.14. The largest absolute Gasteiger partial charge is 0.364 e. The van der Waals surface area contributed by atoms with Gasteiger partial charge < -0.3 is 15.2 Å². The Bertz CT molecular complexity index is 778. The number of anilines is 2. The molecule has 0 saturated carbocycles. The van der Waals surface area contributed by atoms with Crippen LogP contribution < -0.4 is 10.6 Å². The molecule has 0 aliphatic carbocycles. The SMILES string of the molecule is CCNc1nc(NCc2ccccc2)c2ncn(C(C)C)c2n1. The summed E-state index contributed by atoms with van der Waals surface area (Å²) in [6, 6.07) is 10.5. The Labute approximate surface area is 136 Å². The van der Waals surface area contributed by atoms with Gasteiger partial charge in [0, 0.05) is 19.1 Å². The number of fused-ring (bicyclic) bond motifs is 1. The Hall–Kier alpha value is -2.63. The number of aromatic nitrogens is 4. The Kier molecular flexibility index (Phi) is 4.41. The van der Waals surface area contributed by atoms with Gasteiger partial charge in [-0.1, -0.05) is 30.3 Å². The molecule has 0 atom stereocenters. The molecule has 3 aromatic rings. The predicted molar refractivity (Wildman–Crippen MR) is 93.6 cm³/mol. The topological polar surface area (TPSA) is 67.7 Å². The van der Waals surface area contributed by atoms with Crippen LogP contribution in [0.25, 0.3) is 11.2 Å².